The van der Waals surface area contributed by atoms with E-state index >= 15 is 0 Å². The maximum Gasteiger partial charge on any atom is 0.126 e. The van der Waals surface area contributed by atoms with E-state index in [4.69, 9.17) is 4.74 Å². The van der Waals surface area contributed by atoms with E-state index in [1.54, 1.807) is 19.2 Å². The fourth-order valence-electron chi connectivity index (χ4n) is 1.09. The summed E-state index contributed by atoms with van der Waals surface area (Å²) < 4.78 is 18.1. The third-order valence-corrected chi connectivity index (χ3v) is 1.83. The predicted octanol–water partition coefficient (Wildman–Crippen LogP) is 2.96. The second-order valence-electron chi connectivity index (χ2n) is 3.04. The molecule has 0 bridgehead atoms. The lowest BCUT2D eigenvalue weighted by Gasteiger charge is -2.08. The number of hydrogen-bond donors (Lipinski definition) is 0. The number of hydrogen-bond acceptors (Lipinski definition) is 1. The molecule has 0 saturated heterocycles. The molecule has 1 aromatic rings. The summed E-state index contributed by atoms with van der Waals surface area (Å²) in [7, 11) is 1.58. The molecule has 2 heteroatoms. The van der Waals surface area contributed by atoms with Gasteiger partial charge < -0.3 is 4.74 Å². The molecule has 0 aromatic heterocycles. The van der Waals surface area contributed by atoms with Gasteiger partial charge in [0.15, 0.2) is 0 Å². The Morgan fingerprint density at radius 2 is 2.00 bits per heavy atom. The first-order valence-electron chi connectivity index (χ1n) is 3.98. The van der Waals surface area contributed by atoms with Crippen molar-refractivity contribution in [2.75, 3.05) is 7.11 Å². The smallest absolute Gasteiger partial charge is 0.126 e. The van der Waals surface area contributed by atoms with E-state index in [-0.39, 0.29) is 11.7 Å². The molecule has 0 unspecified atom stereocenters. The number of rotatable bonds is 2. The van der Waals surface area contributed by atoms with Gasteiger partial charge in [0.25, 0.3) is 0 Å². The highest BCUT2D eigenvalue weighted by atomic mass is 19.1. The third kappa shape index (κ3) is 1.76. The number of methoxy groups -OCH3 is 1. The molecule has 0 radical (unpaired) electrons. The molecule has 0 spiro atoms. The highest BCUT2D eigenvalue weighted by Crippen LogP contribution is 2.22. The summed E-state index contributed by atoms with van der Waals surface area (Å²) in [6, 6.07) is 4.80. The summed E-state index contributed by atoms with van der Waals surface area (Å²) >= 11 is 0. The Hall–Kier alpha value is -1.05. The van der Waals surface area contributed by atoms with Crippen molar-refractivity contribution in [3.05, 3.63) is 29.6 Å². The Labute approximate surface area is 72.2 Å². The van der Waals surface area contributed by atoms with E-state index in [0.29, 0.717) is 11.3 Å². The van der Waals surface area contributed by atoms with Gasteiger partial charge in [-0.15, -0.1) is 0 Å². The highest BCUT2D eigenvalue weighted by Gasteiger charge is 2.06. The predicted molar refractivity (Wildman–Crippen MR) is 47.0 cm³/mol. The fourth-order valence-corrected chi connectivity index (χ4v) is 1.09. The number of benzene rings is 1. The van der Waals surface area contributed by atoms with Crippen LogP contribution in [0, 0.1) is 5.82 Å². The van der Waals surface area contributed by atoms with Gasteiger partial charge in [-0.2, -0.15) is 0 Å². The third-order valence-electron chi connectivity index (χ3n) is 1.83. The van der Waals surface area contributed by atoms with Crippen LogP contribution in [0.2, 0.25) is 0 Å². The van der Waals surface area contributed by atoms with Gasteiger partial charge in [0.2, 0.25) is 0 Å². The summed E-state index contributed by atoms with van der Waals surface area (Å²) in [5.41, 5.74) is 0.703. The topological polar surface area (TPSA) is 9.23 Å². The van der Waals surface area contributed by atoms with Crippen LogP contribution in [0.5, 0.6) is 5.75 Å². The van der Waals surface area contributed by atoms with Gasteiger partial charge >= 0.3 is 0 Å². The first kappa shape index (κ1) is 9.04. The van der Waals surface area contributed by atoms with Gasteiger partial charge in [-0.3, -0.25) is 0 Å². The molecular formula is C10H13FO. The largest absolute Gasteiger partial charge is 0.497 e. The summed E-state index contributed by atoms with van der Waals surface area (Å²) in [6.45, 7) is 3.91. The zero-order valence-electron chi connectivity index (χ0n) is 7.60. The van der Waals surface area contributed by atoms with E-state index in [9.17, 15) is 4.39 Å². The van der Waals surface area contributed by atoms with E-state index in [1.165, 1.54) is 6.07 Å². The minimum atomic E-state index is -0.161. The lowest BCUT2D eigenvalue weighted by atomic mass is 10.0. The van der Waals surface area contributed by atoms with Crippen LogP contribution in [0.3, 0.4) is 0 Å². The van der Waals surface area contributed by atoms with Gasteiger partial charge in [0, 0.05) is 0 Å². The van der Waals surface area contributed by atoms with E-state index in [2.05, 4.69) is 0 Å². The average Bonchev–Trinajstić information content (AvgIpc) is 2.05. The van der Waals surface area contributed by atoms with Crippen molar-refractivity contribution in [3.63, 3.8) is 0 Å². The Bertz CT molecular complexity index is 269. The lowest BCUT2D eigenvalue weighted by Crippen LogP contribution is -1.94. The molecule has 0 aliphatic rings. The monoisotopic (exact) mass is 168 g/mol. The molecule has 0 aliphatic carbocycles. The van der Waals surface area contributed by atoms with Gasteiger partial charge in [0.1, 0.15) is 11.6 Å². The quantitative estimate of drug-likeness (QED) is 0.659. The Balaban J connectivity index is 3.08. The van der Waals surface area contributed by atoms with Gasteiger partial charge in [-0.25, -0.2) is 4.39 Å². The molecule has 1 aromatic carbocycles. The maximum absolute atomic E-state index is 13.1. The number of halogens is 1. The molecule has 66 valence electrons. The molecule has 1 rings (SSSR count). The SMILES string of the molecule is COc1ccc(F)c(C(C)C)c1. The Morgan fingerprint density at radius 1 is 1.33 bits per heavy atom. The lowest BCUT2D eigenvalue weighted by molar-refractivity contribution is 0.412. The number of ether oxygens (including phenoxy) is 1. The Kier molecular flexibility index (Phi) is 2.69. The second kappa shape index (κ2) is 3.57. The summed E-state index contributed by atoms with van der Waals surface area (Å²) in [5.74, 6) is 0.742. The van der Waals surface area contributed by atoms with Gasteiger partial charge in [-0.1, -0.05) is 13.8 Å². The standard InChI is InChI=1S/C10H13FO/c1-7(2)9-6-8(12-3)4-5-10(9)11/h4-7H,1-3H3. The molecule has 0 aliphatic heterocycles. The molecule has 0 heterocycles. The average molecular weight is 168 g/mol. The minimum Gasteiger partial charge on any atom is -0.497 e. The van der Waals surface area contributed by atoms with E-state index in [0.717, 1.165) is 0 Å². The molecule has 1 nitrogen and oxygen atoms in total. The van der Waals surface area contributed by atoms with Crippen LogP contribution >= 0.6 is 0 Å². The highest BCUT2D eigenvalue weighted by molar-refractivity contribution is 5.31. The summed E-state index contributed by atoms with van der Waals surface area (Å²) in [5, 5.41) is 0. The van der Waals surface area contributed by atoms with Crippen molar-refractivity contribution in [1.82, 2.24) is 0 Å². The molecule has 12 heavy (non-hydrogen) atoms. The van der Waals surface area contributed by atoms with Crippen LogP contribution in [-0.4, -0.2) is 7.11 Å². The second-order valence-corrected chi connectivity index (χ2v) is 3.04. The van der Waals surface area contributed by atoms with Crippen molar-refractivity contribution < 1.29 is 9.13 Å². The van der Waals surface area contributed by atoms with Crippen molar-refractivity contribution in [2.45, 2.75) is 19.8 Å². The van der Waals surface area contributed by atoms with Gasteiger partial charge in [0.05, 0.1) is 7.11 Å². The zero-order chi connectivity index (χ0) is 9.14. The van der Waals surface area contributed by atoms with Crippen molar-refractivity contribution >= 4 is 0 Å². The van der Waals surface area contributed by atoms with Crippen LogP contribution in [0.25, 0.3) is 0 Å². The van der Waals surface area contributed by atoms with Crippen LogP contribution in [0.4, 0.5) is 4.39 Å². The van der Waals surface area contributed by atoms with Crippen molar-refractivity contribution in [1.29, 1.82) is 0 Å². The van der Waals surface area contributed by atoms with Gasteiger partial charge in [-0.05, 0) is 29.7 Å². The molecule has 0 N–H and O–H groups in total. The summed E-state index contributed by atoms with van der Waals surface area (Å²) in [4.78, 5) is 0. The first-order valence-corrected chi connectivity index (χ1v) is 3.98. The maximum atomic E-state index is 13.1. The normalized spacial score (nSPS) is 10.4. The van der Waals surface area contributed by atoms with Crippen LogP contribution < -0.4 is 4.74 Å². The molecule has 0 atom stereocenters. The van der Waals surface area contributed by atoms with Crippen LogP contribution in [0.15, 0.2) is 18.2 Å². The molecular weight excluding hydrogens is 155 g/mol. The molecule has 0 amide bonds. The van der Waals surface area contributed by atoms with Crippen LogP contribution in [-0.2, 0) is 0 Å². The minimum absolute atomic E-state index is 0.161. The van der Waals surface area contributed by atoms with E-state index < -0.39 is 0 Å². The molecule has 0 saturated carbocycles. The zero-order valence-corrected chi connectivity index (χ0v) is 7.60. The van der Waals surface area contributed by atoms with Crippen LogP contribution in [0.1, 0.15) is 25.3 Å². The molecule has 0 fully saturated rings. The first-order chi connectivity index (χ1) is 5.65. The van der Waals surface area contributed by atoms with Crippen molar-refractivity contribution in [3.8, 4) is 5.75 Å². The summed E-state index contributed by atoms with van der Waals surface area (Å²) in [6.07, 6.45) is 0. The van der Waals surface area contributed by atoms with Crippen molar-refractivity contribution in [2.24, 2.45) is 0 Å². The van der Waals surface area contributed by atoms with E-state index in [1.807, 2.05) is 13.8 Å². The Morgan fingerprint density at radius 3 is 2.50 bits per heavy atom. The fraction of sp³-hybridized carbons (Fsp3) is 0.400.